The second kappa shape index (κ2) is 5.93. The molecule has 2 rings (SSSR count). The summed E-state index contributed by atoms with van der Waals surface area (Å²) in [6.45, 7) is 6.96. The first-order valence-corrected chi connectivity index (χ1v) is 7.69. The van der Waals surface area contributed by atoms with Crippen LogP contribution in [0.4, 0.5) is 0 Å². The van der Waals surface area contributed by atoms with Crippen LogP contribution >= 0.6 is 0 Å². The number of nitrogens with zero attached hydrogens (tertiary/aromatic N) is 3. The van der Waals surface area contributed by atoms with Gasteiger partial charge in [0, 0.05) is 13.0 Å². The smallest absolute Gasteiger partial charge is 0.279 e. The highest BCUT2D eigenvalue weighted by Crippen LogP contribution is 2.15. The zero-order valence-electron chi connectivity index (χ0n) is 12.6. The Morgan fingerprint density at radius 1 is 0.947 bits per heavy atom. The number of fused-ring (bicyclic) bond motifs is 1. The topological polar surface area (TPSA) is 39.8 Å². The average Bonchev–Trinajstić information content (AvgIpc) is 2.62. The van der Waals surface area contributed by atoms with E-state index < -0.39 is 0 Å². The van der Waals surface area contributed by atoms with E-state index >= 15 is 0 Å². The lowest BCUT2D eigenvalue weighted by atomic mass is 10.1. The highest BCUT2D eigenvalue weighted by atomic mass is 16.2. The second-order valence-corrected chi connectivity index (χ2v) is 6.66. The summed E-state index contributed by atoms with van der Waals surface area (Å²) in [4.78, 5) is 12.5. The lowest BCUT2D eigenvalue weighted by molar-refractivity contribution is 0.338. The fourth-order valence-corrected chi connectivity index (χ4v) is 2.72. The summed E-state index contributed by atoms with van der Waals surface area (Å²) in [7, 11) is 0. The fourth-order valence-electron chi connectivity index (χ4n) is 2.72. The van der Waals surface area contributed by atoms with Gasteiger partial charge in [-0.05, 0) is 33.6 Å². The van der Waals surface area contributed by atoms with E-state index in [4.69, 9.17) is 0 Å². The predicted octanol–water partition coefficient (Wildman–Crippen LogP) is 3.09. The molecule has 108 valence electrons. The molecule has 0 aliphatic carbocycles. The monoisotopic (exact) mass is 265 g/mol. The lowest BCUT2D eigenvalue weighted by Crippen LogP contribution is -2.35. The Kier molecular flexibility index (Phi) is 4.48. The summed E-state index contributed by atoms with van der Waals surface area (Å²) in [5, 5.41) is 4.59. The molecule has 0 bridgehead atoms. The lowest BCUT2D eigenvalue weighted by Gasteiger charge is -2.16. The molecule has 0 radical (unpaired) electrons. The van der Waals surface area contributed by atoms with Gasteiger partial charge < -0.3 is 0 Å². The summed E-state index contributed by atoms with van der Waals surface area (Å²) < 4.78 is 3.57. The summed E-state index contributed by atoms with van der Waals surface area (Å²) in [6, 6.07) is 0. The zero-order chi connectivity index (χ0) is 13.9. The summed E-state index contributed by atoms with van der Waals surface area (Å²) in [5.41, 5.74) is -0.157. The van der Waals surface area contributed by atoms with E-state index in [1.54, 1.807) is 4.68 Å². The number of rotatable bonds is 0. The Balaban J connectivity index is 2.29. The van der Waals surface area contributed by atoms with Crippen molar-refractivity contribution in [2.24, 2.45) is 0 Å². The molecule has 0 saturated carbocycles. The van der Waals surface area contributed by atoms with Gasteiger partial charge in [0.1, 0.15) is 5.82 Å². The van der Waals surface area contributed by atoms with Crippen molar-refractivity contribution in [3.8, 4) is 0 Å². The first-order valence-electron chi connectivity index (χ1n) is 7.69. The highest BCUT2D eigenvalue weighted by Gasteiger charge is 2.22. The molecule has 19 heavy (non-hydrogen) atoms. The number of hydrogen-bond acceptors (Lipinski definition) is 2. The SMILES string of the molecule is CC(C)(C)n1nc2n(c1=O)CCCCCCCCC2. The Hall–Kier alpha value is -1.06. The summed E-state index contributed by atoms with van der Waals surface area (Å²) in [6.07, 6.45) is 9.65. The van der Waals surface area contributed by atoms with Gasteiger partial charge in [-0.2, -0.15) is 5.10 Å². The van der Waals surface area contributed by atoms with Crippen LogP contribution in [0.3, 0.4) is 0 Å². The number of aromatic nitrogens is 3. The molecule has 0 aromatic carbocycles. The van der Waals surface area contributed by atoms with Crippen molar-refractivity contribution in [1.29, 1.82) is 0 Å². The third kappa shape index (κ3) is 3.48. The Morgan fingerprint density at radius 3 is 2.16 bits per heavy atom. The van der Waals surface area contributed by atoms with Gasteiger partial charge in [0.2, 0.25) is 0 Å². The Labute approximate surface area is 115 Å². The van der Waals surface area contributed by atoms with Crippen LogP contribution in [0.15, 0.2) is 4.79 Å². The maximum Gasteiger partial charge on any atom is 0.346 e. The van der Waals surface area contributed by atoms with Crippen molar-refractivity contribution >= 4 is 0 Å². The molecule has 1 aromatic heterocycles. The highest BCUT2D eigenvalue weighted by molar-refractivity contribution is 4.91. The standard InChI is InChI=1S/C15H27N3O/c1-15(2,3)18-14(19)17-12-10-8-6-4-5-7-9-11-13(17)16-18/h4-12H2,1-3H3. The van der Waals surface area contributed by atoms with E-state index in [1.165, 1.54) is 32.1 Å². The number of aryl methyl sites for hydroxylation is 1. The molecule has 1 aromatic rings. The van der Waals surface area contributed by atoms with Crippen LogP contribution in [0.2, 0.25) is 0 Å². The van der Waals surface area contributed by atoms with Gasteiger partial charge in [-0.15, -0.1) is 0 Å². The van der Waals surface area contributed by atoms with Gasteiger partial charge in [0.25, 0.3) is 0 Å². The molecule has 0 atom stereocenters. The maximum atomic E-state index is 12.5. The van der Waals surface area contributed by atoms with Crippen molar-refractivity contribution in [3.63, 3.8) is 0 Å². The minimum Gasteiger partial charge on any atom is -0.279 e. The zero-order valence-corrected chi connectivity index (χ0v) is 12.6. The van der Waals surface area contributed by atoms with E-state index in [1.807, 2.05) is 25.3 Å². The average molecular weight is 265 g/mol. The van der Waals surface area contributed by atoms with E-state index in [0.717, 1.165) is 31.6 Å². The molecule has 4 heteroatoms. The predicted molar refractivity (Wildman–Crippen MR) is 77.5 cm³/mol. The van der Waals surface area contributed by atoms with Crippen LogP contribution in [0.1, 0.15) is 71.5 Å². The van der Waals surface area contributed by atoms with Crippen molar-refractivity contribution in [1.82, 2.24) is 14.3 Å². The van der Waals surface area contributed by atoms with E-state index in [9.17, 15) is 4.79 Å². The quantitative estimate of drug-likeness (QED) is 0.723. The maximum absolute atomic E-state index is 12.5. The minimum absolute atomic E-state index is 0.0711. The Bertz CT molecular complexity index is 465. The van der Waals surface area contributed by atoms with Crippen LogP contribution in [0.25, 0.3) is 0 Å². The van der Waals surface area contributed by atoms with Crippen LogP contribution < -0.4 is 5.69 Å². The van der Waals surface area contributed by atoms with Gasteiger partial charge >= 0.3 is 5.69 Å². The van der Waals surface area contributed by atoms with Crippen LogP contribution in [-0.4, -0.2) is 14.3 Å². The van der Waals surface area contributed by atoms with E-state index in [2.05, 4.69) is 5.10 Å². The largest absolute Gasteiger partial charge is 0.346 e. The number of hydrogen-bond donors (Lipinski definition) is 0. The third-order valence-corrected chi connectivity index (χ3v) is 3.86. The van der Waals surface area contributed by atoms with Gasteiger partial charge in [-0.1, -0.05) is 32.1 Å². The van der Waals surface area contributed by atoms with Crippen molar-refractivity contribution in [2.75, 3.05) is 0 Å². The van der Waals surface area contributed by atoms with Crippen molar-refractivity contribution in [2.45, 2.75) is 84.2 Å². The molecule has 1 aliphatic rings. The van der Waals surface area contributed by atoms with Crippen molar-refractivity contribution < 1.29 is 0 Å². The molecular weight excluding hydrogens is 238 g/mol. The molecular formula is C15H27N3O. The summed E-state index contributed by atoms with van der Waals surface area (Å²) >= 11 is 0. The van der Waals surface area contributed by atoms with E-state index in [-0.39, 0.29) is 11.2 Å². The van der Waals surface area contributed by atoms with E-state index in [0.29, 0.717) is 0 Å². The molecule has 0 N–H and O–H groups in total. The molecule has 4 nitrogen and oxygen atoms in total. The third-order valence-electron chi connectivity index (χ3n) is 3.86. The molecule has 0 amide bonds. The molecule has 0 spiro atoms. The van der Waals surface area contributed by atoms with Crippen molar-refractivity contribution in [3.05, 3.63) is 16.3 Å². The molecule has 0 unspecified atom stereocenters. The molecule has 2 heterocycles. The molecule has 1 aliphatic heterocycles. The fraction of sp³-hybridized carbons (Fsp3) is 0.867. The minimum atomic E-state index is -0.228. The molecule has 0 fully saturated rings. The van der Waals surface area contributed by atoms with Crippen LogP contribution in [0, 0.1) is 0 Å². The second-order valence-electron chi connectivity index (χ2n) is 6.66. The first kappa shape index (κ1) is 14.4. The normalized spacial score (nSPS) is 18.7. The van der Waals surface area contributed by atoms with Crippen LogP contribution in [-0.2, 0) is 18.5 Å². The van der Waals surface area contributed by atoms with Gasteiger partial charge in [-0.25, -0.2) is 9.48 Å². The first-order chi connectivity index (χ1) is 9.00. The van der Waals surface area contributed by atoms with Gasteiger partial charge in [0.05, 0.1) is 5.54 Å². The van der Waals surface area contributed by atoms with Crippen LogP contribution in [0.5, 0.6) is 0 Å². The summed E-state index contributed by atoms with van der Waals surface area (Å²) in [5.74, 6) is 0.988. The van der Waals surface area contributed by atoms with Gasteiger partial charge in [-0.3, -0.25) is 4.57 Å². The van der Waals surface area contributed by atoms with Gasteiger partial charge in [0.15, 0.2) is 0 Å². The Morgan fingerprint density at radius 2 is 1.53 bits per heavy atom. The molecule has 0 saturated heterocycles.